The SMILES string of the molecule is Clc1ccccc1.[C-]1=CC=CC1.[C-]1=CC=CC1.[Zr+2]. The van der Waals surface area contributed by atoms with Crippen LogP contribution in [0.25, 0.3) is 0 Å². The summed E-state index contributed by atoms with van der Waals surface area (Å²) in [5.41, 5.74) is 0. The van der Waals surface area contributed by atoms with Gasteiger partial charge >= 0.3 is 26.2 Å². The summed E-state index contributed by atoms with van der Waals surface area (Å²) < 4.78 is 0. The van der Waals surface area contributed by atoms with Crippen molar-refractivity contribution in [1.82, 2.24) is 0 Å². The zero-order chi connectivity index (χ0) is 12.2. The topological polar surface area (TPSA) is 0 Å². The van der Waals surface area contributed by atoms with Gasteiger partial charge in [0.05, 0.1) is 0 Å². The minimum atomic E-state index is 0. The van der Waals surface area contributed by atoms with Crippen molar-refractivity contribution in [3.8, 4) is 0 Å². The van der Waals surface area contributed by atoms with Crippen molar-refractivity contribution in [2.45, 2.75) is 12.8 Å². The van der Waals surface area contributed by atoms with Crippen molar-refractivity contribution in [1.29, 1.82) is 0 Å². The maximum absolute atomic E-state index is 5.54. The van der Waals surface area contributed by atoms with E-state index in [0.29, 0.717) is 0 Å². The molecular formula is C16H15ClZr. The second kappa shape index (κ2) is 12.8. The van der Waals surface area contributed by atoms with Crippen molar-refractivity contribution in [2.75, 3.05) is 0 Å². The molecule has 3 rings (SSSR count). The van der Waals surface area contributed by atoms with Crippen LogP contribution < -0.4 is 0 Å². The predicted molar refractivity (Wildman–Crippen MR) is 74.6 cm³/mol. The minimum absolute atomic E-state index is 0. The zero-order valence-corrected chi connectivity index (χ0v) is 13.4. The largest absolute Gasteiger partial charge is 2.00 e. The molecule has 0 heterocycles. The van der Waals surface area contributed by atoms with E-state index in [1.807, 2.05) is 54.6 Å². The third-order valence-electron chi connectivity index (χ3n) is 1.90. The molecule has 0 atom stereocenters. The smallest absolute Gasteiger partial charge is 0.273 e. The summed E-state index contributed by atoms with van der Waals surface area (Å²) in [5, 5.41) is 0.794. The summed E-state index contributed by atoms with van der Waals surface area (Å²) in [6, 6.07) is 9.44. The average molecular weight is 334 g/mol. The van der Waals surface area contributed by atoms with Crippen LogP contribution in [0, 0.1) is 12.2 Å². The molecule has 0 fully saturated rings. The Morgan fingerprint density at radius 3 is 1.50 bits per heavy atom. The van der Waals surface area contributed by atoms with E-state index >= 15 is 0 Å². The molecule has 2 heteroatoms. The summed E-state index contributed by atoms with van der Waals surface area (Å²) in [6.07, 6.45) is 20.0. The Bertz CT molecular complexity index is 360. The molecule has 2 aliphatic carbocycles. The van der Waals surface area contributed by atoms with E-state index in [0.717, 1.165) is 17.9 Å². The van der Waals surface area contributed by atoms with E-state index in [-0.39, 0.29) is 26.2 Å². The summed E-state index contributed by atoms with van der Waals surface area (Å²) in [4.78, 5) is 0. The fourth-order valence-corrected chi connectivity index (χ4v) is 1.24. The van der Waals surface area contributed by atoms with Gasteiger partial charge in [-0.2, -0.15) is 12.2 Å². The Kier molecular flexibility index (Phi) is 12.3. The van der Waals surface area contributed by atoms with Gasteiger partial charge in [0.15, 0.2) is 0 Å². The Labute approximate surface area is 134 Å². The number of hydrogen-bond acceptors (Lipinski definition) is 0. The normalized spacial score (nSPS) is 13.2. The Morgan fingerprint density at radius 1 is 0.833 bits per heavy atom. The predicted octanol–water partition coefficient (Wildman–Crippen LogP) is 4.95. The van der Waals surface area contributed by atoms with E-state index in [1.54, 1.807) is 0 Å². The molecule has 18 heavy (non-hydrogen) atoms. The average Bonchev–Trinajstić information content (AvgIpc) is 3.09. The van der Waals surface area contributed by atoms with Crippen LogP contribution in [-0.4, -0.2) is 0 Å². The van der Waals surface area contributed by atoms with Crippen molar-refractivity contribution in [3.63, 3.8) is 0 Å². The molecule has 1 aromatic carbocycles. The van der Waals surface area contributed by atoms with Crippen LogP contribution >= 0.6 is 11.6 Å². The number of halogens is 1. The summed E-state index contributed by atoms with van der Waals surface area (Å²) in [5.74, 6) is 0. The van der Waals surface area contributed by atoms with Crippen LogP contribution in [0.2, 0.25) is 5.02 Å². The van der Waals surface area contributed by atoms with Gasteiger partial charge in [-0.15, -0.1) is 12.8 Å². The molecule has 0 radical (unpaired) electrons. The second-order valence-electron chi connectivity index (χ2n) is 3.30. The maximum Gasteiger partial charge on any atom is 2.00 e. The molecule has 0 nitrogen and oxygen atoms in total. The number of benzene rings is 1. The summed E-state index contributed by atoms with van der Waals surface area (Å²) >= 11 is 5.54. The molecular weight excluding hydrogens is 319 g/mol. The van der Waals surface area contributed by atoms with Crippen LogP contribution in [0.15, 0.2) is 66.8 Å². The third kappa shape index (κ3) is 10.5. The molecule has 0 bridgehead atoms. The maximum atomic E-state index is 5.54. The second-order valence-corrected chi connectivity index (χ2v) is 3.74. The van der Waals surface area contributed by atoms with E-state index in [1.165, 1.54) is 0 Å². The van der Waals surface area contributed by atoms with Crippen LogP contribution in [0.4, 0.5) is 0 Å². The molecule has 0 saturated carbocycles. The molecule has 90 valence electrons. The number of allylic oxidation sites excluding steroid dienone is 8. The Morgan fingerprint density at radius 2 is 1.33 bits per heavy atom. The van der Waals surface area contributed by atoms with Gasteiger partial charge in [0, 0.05) is 5.02 Å². The van der Waals surface area contributed by atoms with Gasteiger partial charge in [0.25, 0.3) is 0 Å². The van der Waals surface area contributed by atoms with Crippen LogP contribution in [0.1, 0.15) is 12.8 Å². The van der Waals surface area contributed by atoms with Crippen LogP contribution in [0.3, 0.4) is 0 Å². The monoisotopic (exact) mass is 332 g/mol. The Hall–Kier alpha value is -0.647. The molecule has 0 N–H and O–H groups in total. The van der Waals surface area contributed by atoms with Crippen molar-refractivity contribution in [2.24, 2.45) is 0 Å². The first-order valence-electron chi connectivity index (χ1n) is 5.53. The van der Waals surface area contributed by atoms with Crippen molar-refractivity contribution in [3.05, 3.63) is 84.0 Å². The zero-order valence-electron chi connectivity index (χ0n) is 10.1. The molecule has 0 aromatic heterocycles. The minimum Gasteiger partial charge on any atom is -0.273 e. The molecule has 0 aliphatic heterocycles. The van der Waals surface area contributed by atoms with Crippen LogP contribution in [-0.2, 0) is 26.2 Å². The first-order valence-corrected chi connectivity index (χ1v) is 5.91. The van der Waals surface area contributed by atoms with Crippen molar-refractivity contribution < 1.29 is 26.2 Å². The standard InChI is InChI=1S/C6H5Cl.2C5H5.Zr/c7-6-4-2-1-3-5-6;2*1-2-4-5-3-1;/h1-5H;2*1-3H,4H2;/q;2*-1;+2. The first kappa shape index (κ1) is 17.4. The van der Waals surface area contributed by atoms with Gasteiger partial charge in [-0.05, 0) is 12.1 Å². The van der Waals surface area contributed by atoms with E-state index in [2.05, 4.69) is 24.3 Å². The van der Waals surface area contributed by atoms with Gasteiger partial charge < -0.3 is 0 Å². The summed E-state index contributed by atoms with van der Waals surface area (Å²) in [7, 11) is 0. The van der Waals surface area contributed by atoms with E-state index in [4.69, 9.17) is 11.6 Å². The van der Waals surface area contributed by atoms with Gasteiger partial charge in [-0.3, -0.25) is 12.2 Å². The van der Waals surface area contributed by atoms with E-state index < -0.39 is 0 Å². The molecule has 0 spiro atoms. The fraction of sp³-hybridized carbons (Fsp3) is 0.125. The Balaban J connectivity index is 0.000000239. The first-order chi connectivity index (χ1) is 8.39. The van der Waals surface area contributed by atoms with Crippen molar-refractivity contribution >= 4 is 11.6 Å². The van der Waals surface area contributed by atoms with Crippen LogP contribution in [0.5, 0.6) is 0 Å². The third-order valence-corrected chi connectivity index (χ3v) is 2.16. The number of hydrogen-bond donors (Lipinski definition) is 0. The van der Waals surface area contributed by atoms with Gasteiger partial charge in [-0.1, -0.05) is 29.8 Å². The van der Waals surface area contributed by atoms with Gasteiger partial charge in [-0.25, -0.2) is 24.3 Å². The molecule has 0 amide bonds. The number of rotatable bonds is 0. The molecule has 1 aromatic rings. The molecule has 2 aliphatic rings. The van der Waals surface area contributed by atoms with Gasteiger partial charge in [0.2, 0.25) is 0 Å². The summed E-state index contributed by atoms with van der Waals surface area (Å²) in [6.45, 7) is 0. The quantitative estimate of drug-likeness (QED) is 0.589. The molecule has 0 saturated heterocycles. The molecule has 0 unspecified atom stereocenters. The van der Waals surface area contributed by atoms with E-state index in [9.17, 15) is 0 Å². The van der Waals surface area contributed by atoms with Gasteiger partial charge in [0.1, 0.15) is 0 Å². The fourth-order valence-electron chi connectivity index (χ4n) is 1.10.